The zero-order chi connectivity index (χ0) is 21.0. The smallest absolute Gasteiger partial charge is 0.230 e. The fourth-order valence-corrected chi connectivity index (χ4v) is 4.95. The first-order valence-electron chi connectivity index (χ1n) is 10.7. The lowest BCUT2D eigenvalue weighted by molar-refractivity contribution is -0.119. The highest BCUT2D eigenvalue weighted by atomic mass is 32.2. The van der Waals surface area contributed by atoms with Gasteiger partial charge < -0.3 is 14.7 Å². The molecule has 0 bridgehead atoms. The molecule has 0 radical (unpaired) electrons. The van der Waals surface area contributed by atoms with E-state index in [1.165, 1.54) is 31.0 Å². The Balaban J connectivity index is 1.39. The molecule has 1 saturated carbocycles. The van der Waals surface area contributed by atoms with Crippen LogP contribution in [0, 0.1) is 0 Å². The lowest BCUT2D eigenvalue weighted by atomic mass is 9.95. The van der Waals surface area contributed by atoms with Crippen LogP contribution in [0.5, 0.6) is 0 Å². The van der Waals surface area contributed by atoms with Crippen molar-refractivity contribution in [3.05, 3.63) is 54.6 Å². The summed E-state index contributed by atoms with van der Waals surface area (Å²) in [6.07, 6.45) is 9.44. The summed E-state index contributed by atoms with van der Waals surface area (Å²) in [6, 6.07) is 12.2. The first-order chi connectivity index (χ1) is 15.3. The zero-order valence-electron chi connectivity index (χ0n) is 17.2. The van der Waals surface area contributed by atoms with E-state index in [4.69, 9.17) is 4.42 Å². The van der Waals surface area contributed by atoms with Crippen molar-refractivity contribution < 1.29 is 9.21 Å². The van der Waals surface area contributed by atoms with Gasteiger partial charge in [-0.05, 0) is 31.0 Å². The summed E-state index contributed by atoms with van der Waals surface area (Å²) in [5.74, 6) is 1.94. The van der Waals surface area contributed by atoms with Crippen LogP contribution in [-0.4, -0.2) is 37.5 Å². The third-order valence-corrected chi connectivity index (χ3v) is 6.71. The van der Waals surface area contributed by atoms with E-state index in [-0.39, 0.29) is 5.91 Å². The number of carbonyl (C=O) groups is 1. The topological polar surface area (TPSA) is 88.7 Å². The molecule has 8 heteroatoms. The van der Waals surface area contributed by atoms with E-state index in [2.05, 4.69) is 26.6 Å². The average Bonchev–Trinajstić information content (AvgIpc) is 3.53. The van der Waals surface area contributed by atoms with E-state index in [0.717, 1.165) is 40.9 Å². The molecule has 1 aliphatic rings. The van der Waals surface area contributed by atoms with Crippen LogP contribution < -0.4 is 5.32 Å². The number of rotatable bonds is 7. The summed E-state index contributed by atoms with van der Waals surface area (Å²) in [7, 11) is 0. The molecule has 4 aromatic rings. The molecule has 31 heavy (non-hydrogen) atoms. The van der Waals surface area contributed by atoms with Crippen LogP contribution in [0.3, 0.4) is 0 Å². The molecule has 1 aromatic carbocycles. The molecule has 3 aromatic heterocycles. The minimum atomic E-state index is 0.0538. The largest absolute Gasteiger partial charge is 0.467 e. The Labute approximate surface area is 184 Å². The number of hydrogen-bond acceptors (Lipinski definition) is 5. The van der Waals surface area contributed by atoms with Crippen LogP contribution in [0.2, 0.25) is 0 Å². The van der Waals surface area contributed by atoms with Crippen LogP contribution in [0.15, 0.2) is 58.4 Å². The fourth-order valence-electron chi connectivity index (χ4n) is 4.20. The second kappa shape index (κ2) is 9.01. The molecular formula is C23H25N5O2S. The number of fused-ring (bicyclic) bond motifs is 1. The molecule has 0 unspecified atom stereocenters. The molecule has 5 rings (SSSR count). The van der Waals surface area contributed by atoms with Crippen molar-refractivity contribution in [2.75, 3.05) is 5.75 Å². The van der Waals surface area contributed by atoms with E-state index in [1.54, 1.807) is 6.26 Å². The van der Waals surface area contributed by atoms with Gasteiger partial charge in [-0.15, -0.1) is 10.2 Å². The van der Waals surface area contributed by atoms with Gasteiger partial charge in [-0.1, -0.05) is 49.2 Å². The van der Waals surface area contributed by atoms with Crippen molar-refractivity contribution in [1.29, 1.82) is 0 Å². The van der Waals surface area contributed by atoms with E-state index >= 15 is 0 Å². The summed E-state index contributed by atoms with van der Waals surface area (Å²) in [5.41, 5.74) is 2.03. The predicted octanol–water partition coefficient (Wildman–Crippen LogP) is 4.61. The van der Waals surface area contributed by atoms with E-state index < -0.39 is 0 Å². The number of nitrogens with zero attached hydrogens (tertiary/aromatic N) is 3. The van der Waals surface area contributed by atoms with Crippen LogP contribution in [0.25, 0.3) is 22.3 Å². The Kier molecular flexibility index (Phi) is 5.80. The van der Waals surface area contributed by atoms with Gasteiger partial charge in [0.15, 0.2) is 11.0 Å². The highest BCUT2D eigenvalue weighted by Gasteiger charge is 2.20. The number of carbonyl (C=O) groups excluding carboxylic acids is 1. The van der Waals surface area contributed by atoms with Crippen LogP contribution in [0.4, 0.5) is 0 Å². The monoisotopic (exact) mass is 435 g/mol. The highest BCUT2D eigenvalue weighted by molar-refractivity contribution is 7.99. The van der Waals surface area contributed by atoms with Gasteiger partial charge >= 0.3 is 0 Å². The van der Waals surface area contributed by atoms with Gasteiger partial charge in [-0.25, -0.2) is 0 Å². The number of furan rings is 1. The van der Waals surface area contributed by atoms with Crippen LogP contribution in [-0.2, 0) is 11.3 Å². The van der Waals surface area contributed by atoms with Crippen molar-refractivity contribution in [1.82, 2.24) is 25.1 Å². The number of thioether (sulfide) groups is 1. The van der Waals surface area contributed by atoms with Crippen molar-refractivity contribution in [3.63, 3.8) is 0 Å². The minimum absolute atomic E-state index is 0.0538. The molecule has 1 amide bonds. The number of amides is 1. The van der Waals surface area contributed by atoms with E-state index in [1.807, 2.05) is 41.1 Å². The number of aromatic amines is 1. The maximum absolute atomic E-state index is 12.5. The Morgan fingerprint density at radius 3 is 2.87 bits per heavy atom. The highest BCUT2D eigenvalue weighted by Crippen LogP contribution is 2.30. The molecule has 3 heterocycles. The van der Waals surface area contributed by atoms with Gasteiger partial charge in [-0.3, -0.25) is 9.36 Å². The van der Waals surface area contributed by atoms with Crippen LogP contribution >= 0.6 is 11.8 Å². The molecule has 2 N–H and O–H groups in total. The van der Waals surface area contributed by atoms with Crippen molar-refractivity contribution in [2.24, 2.45) is 0 Å². The molecule has 160 valence electrons. The van der Waals surface area contributed by atoms with E-state index in [9.17, 15) is 4.79 Å². The van der Waals surface area contributed by atoms with E-state index in [0.29, 0.717) is 23.5 Å². The molecule has 0 spiro atoms. The lowest BCUT2D eigenvalue weighted by Crippen LogP contribution is -2.37. The Bertz CT molecular complexity index is 1160. The summed E-state index contributed by atoms with van der Waals surface area (Å²) in [5, 5.41) is 13.9. The molecule has 7 nitrogen and oxygen atoms in total. The standard InChI is InChI=1S/C23H25N5O2S/c29-21(25-16-7-2-1-3-8-16)15-31-23-27-26-22(28(23)14-17-9-6-12-30-17)19-13-24-20-11-5-4-10-18(19)20/h4-6,9-13,16,24H,1-3,7-8,14-15H2,(H,25,29). The maximum atomic E-state index is 12.5. The van der Waals surface area contributed by atoms with Crippen molar-refractivity contribution in [2.45, 2.75) is 49.8 Å². The number of aromatic nitrogens is 4. The van der Waals surface area contributed by atoms with Crippen LogP contribution in [0.1, 0.15) is 37.9 Å². The molecule has 1 aliphatic carbocycles. The number of benzene rings is 1. The van der Waals surface area contributed by atoms with Gasteiger partial charge in [0.05, 0.1) is 18.6 Å². The van der Waals surface area contributed by atoms with Gasteiger partial charge in [0, 0.05) is 28.7 Å². The second-order valence-electron chi connectivity index (χ2n) is 7.91. The normalized spacial score (nSPS) is 14.8. The van der Waals surface area contributed by atoms with Gasteiger partial charge in [0.1, 0.15) is 5.76 Å². The summed E-state index contributed by atoms with van der Waals surface area (Å²) in [6.45, 7) is 0.501. The van der Waals surface area contributed by atoms with Crippen molar-refractivity contribution in [3.8, 4) is 11.4 Å². The fraction of sp³-hybridized carbons (Fsp3) is 0.348. The summed E-state index contributed by atoms with van der Waals surface area (Å²) in [4.78, 5) is 15.8. The average molecular weight is 436 g/mol. The first-order valence-corrected chi connectivity index (χ1v) is 11.7. The Morgan fingerprint density at radius 1 is 1.16 bits per heavy atom. The van der Waals surface area contributed by atoms with Gasteiger partial charge in [0.2, 0.25) is 5.91 Å². The second-order valence-corrected chi connectivity index (χ2v) is 8.85. The predicted molar refractivity (Wildman–Crippen MR) is 121 cm³/mol. The number of H-pyrrole nitrogens is 1. The van der Waals surface area contributed by atoms with Gasteiger partial charge in [-0.2, -0.15) is 0 Å². The van der Waals surface area contributed by atoms with Crippen molar-refractivity contribution >= 4 is 28.6 Å². The molecule has 0 saturated heterocycles. The van der Waals surface area contributed by atoms with Gasteiger partial charge in [0.25, 0.3) is 0 Å². The molecule has 0 aliphatic heterocycles. The molecular weight excluding hydrogens is 410 g/mol. The Hall–Kier alpha value is -3.00. The first kappa shape index (κ1) is 19.9. The lowest BCUT2D eigenvalue weighted by Gasteiger charge is -2.22. The Morgan fingerprint density at radius 2 is 2.03 bits per heavy atom. The number of para-hydroxylation sites is 1. The zero-order valence-corrected chi connectivity index (χ0v) is 18.0. The quantitative estimate of drug-likeness (QED) is 0.414. The molecule has 1 fully saturated rings. The summed E-state index contributed by atoms with van der Waals surface area (Å²) >= 11 is 1.41. The third-order valence-electron chi connectivity index (χ3n) is 5.74. The number of nitrogens with one attached hydrogen (secondary N) is 2. The third kappa shape index (κ3) is 4.39. The maximum Gasteiger partial charge on any atom is 0.230 e. The SMILES string of the molecule is O=C(CSc1nnc(-c2c[nH]c3ccccc23)n1Cc1ccco1)NC1CCCCC1. The summed E-state index contributed by atoms with van der Waals surface area (Å²) < 4.78 is 7.60. The minimum Gasteiger partial charge on any atom is -0.467 e. The molecule has 0 atom stereocenters. The number of hydrogen-bond donors (Lipinski definition) is 2.